The van der Waals surface area contributed by atoms with Gasteiger partial charge in [0.25, 0.3) is 0 Å². The monoisotopic (exact) mass is 257 g/mol. The summed E-state index contributed by atoms with van der Waals surface area (Å²) in [6.45, 7) is 7.78. The second-order valence-electron chi connectivity index (χ2n) is 5.82. The van der Waals surface area contributed by atoms with Crippen molar-refractivity contribution in [3.8, 4) is 0 Å². The van der Waals surface area contributed by atoms with Crippen molar-refractivity contribution in [2.75, 3.05) is 27.2 Å². The van der Waals surface area contributed by atoms with E-state index in [1.807, 2.05) is 6.92 Å². The standard InChI is InChI=1S/C14H31N3O/c1-11(2)9-13(17(4)5)10-16-14(18)12(3)7-6-8-15/h11-13H,6-10,15H2,1-5H3,(H,16,18). The molecule has 0 rings (SSSR count). The molecule has 0 aliphatic heterocycles. The van der Waals surface area contributed by atoms with E-state index in [-0.39, 0.29) is 11.8 Å². The number of amides is 1. The van der Waals surface area contributed by atoms with Crippen LogP contribution in [0.15, 0.2) is 0 Å². The SMILES string of the molecule is CC(C)CC(CNC(=O)C(C)CCCN)N(C)C. The molecule has 1 amide bonds. The highest BCUT2D eigenvalue weighted by molar-refractivity contribution is 5.78. The van der Waals surface area contributed by atoms with Crippen LogP contribution in [0.3, 0.4) is 0 Å². The number of carbonyl (C=O) groups excluding carboxylic acids is 1. The summed E-state index contributed by atoms with van der Waals surface area (Å²) in [5.74, 6) is 0.860. The zero-order chi connectivity index (χ0) is 14.1. The Balaban J connectivity index is 4.06. The molecule has 3 N–H and O–H groups in total. The summed E-state index contributed by atoms with van der Waals surface area (Å²) >= 11 is 0. The van der Waals surface area contributed by atoms with Gasteiger partial charge in [-0.05, 0) is 45.8 Å². The summed E-state index contributed by atoms with van der Waals surface area (Å²) in [6.07, 6.45) is 2.89. The Morgan fingerprint density at radius 2 is 1.89 bits per heavy atom. The molecule has 0 bridgehead atoms. The van der Waals surface area contributed by atoms with Crippen molar-refractivity contribution in [3.05, 3.63) is 0 Å². The van der Waals surface area contributed by atoms with E-state index in [0.717, 1.165) is 25.8 Å². The van der Waals surface area contributed by atoms with Crippen molar-refractivity contribution in [2.45, 2.75) is 46.1 Å². The van der Waals surface area contributed by atoms with Gasteiger partial charge < -0.3 is 16.0 Å². The topological polar surface area (TPSA) is 58.4 Å². The van der Waals surface area contributed by atoms with Crippen LogP contribution in [0, 0.1) is 11.8 Å². The van der Waals surface area contributed by atoms with Gasteiger partial charge in [0.15, 0.2) is 0 Å². The third-order valence-electron chi connectivity index (χ3n) is 3.27. The second kappa shape index (κ2) is 9.34. The van der Waals surface area contributed by atoms with Crippen LogP contribution in [0.25, 0.3) is 0 Å². The minimum Gasteiger partial charge on any atom is -0.354 e. The zero-order valence-electron chi connectivity index (χ0n) is 12.7. The fourth-order valence-corrected chi connectivity index (χ4v) is 1.97. The summed E-state index contributed by atoms with van der Waals surface area (Å²) in [5, 5.41) is 3.06. The van der Waals surface area contributed by atoms with Crippen LogP contribution in [0.5, 0.6) is 0 Å². The van der Waals surface area contributed by atoms with Crippen LogP contribution in [0.4, 0.5) is 0 Å². The van der Waals surface area contributed by atoms with Crippen molar-refractivity contribution in [1.82, 2.24) is 10.2 Å². The molecule has 2 unspecified atom stereocenters. The average Bonchev–Trinajstić information content (AvgIpc) is 2.30. The summed E-state index contributed by atoms with van der Waals surface area (Å²) < 4.78 is 0. The third kappa shape index (κ3) is 7.67. The number of nitrogens with zero attached hydrogens (tertiary/aromatic N) is 1. The van der Waals surface area contributed by atoms with Crippen molar-refractivity contribution >= 4 is 5.91 Å². The van der Waals surface area contributed by atoms with Crippen molar-refractivity contribution < 1.29 is 4.79 Å². The fourth-order valence-electron chi connectivity index (χ4n) is 1.97. The largest absolute Gasteiger partial charge is 0.354 e. The summed E-state index contributed by atoms with van der Waals surface area (Å²) in [5.41, 5.74) is 5.46. The molecule has 2 atom stereocenters. The van der Waals surface area contributed by atoms with E-state index in [2.05, 4.69) is 38.2 Å². The first-order valence-electron chi connectivity index (χ1n) is 7.02. The molecule has 0 radical (unpaired) electrons. The van der Waals surface area contributed by atoms with Crippen LogP contribution < -0.4 is 11.1 Å². The molecule has 0 aromatic heterocycles. The lowest BCUT2D eigenvalue weighted by atomic mass is 10.0. The van der Waals surface area contributed by atoms with Crippen LogP contribution in [0.1, 0.15) is 40.0 Å². The molecule has 18 heavy (non-hydrogen) atoms. The molecule has 0 aromatic carbocycles. The normalized spacial score (nSPS) is 14.9. The van der Waals surface area contributed by atoms with E-state index >= 15 is 0 Å². The lowest BCUT2D eigenvalue weighted by Crippen LogP contribution is -2.42. The number of carbonyl (C=O) groups is 1. The average molecular weight is 257 g/mol. The predicted molar refractivity (Wildman–Crippen MR) is 77.4 cm³/mol. The molecule has 0 aliphatic rings. The van der Waals surface area contributed by atoms with Crippen LogP contribution in [-0.4, -0.2) is 44.0 Å². The summed E-state index contributed by atoms with van der Waals surface area (Å²) in [6, 6.07) is 0.413. The fraction of sp³-hybridized carbons (Fsp3) is 0.929. The quantitative estimate of drug-likeness (QED) is 0.657. The number of rotatable bonds is 9. The first-order valence-corrected chi connectivity index (χ1v) is 7.02. The Hall–Kier alpha value is -0.610. The Kier molecular flexibility index (Phi) is 9.02. The molecule has 0 saturated heterocycles. The van der Waals surface area contributed by atoms with E-state index in [1.165, 1.54) is 0 Å². The molecule has 0 aliphatic carbocycles. The third-order valence-corrected chi connectivity index (χ3v) is 3.27. The molecule has 108 valence electrons. The number of hydrogen-bond donors (Lipinski definition) is 2. The van der Waals surface area contributed by atoms with Crippen molar-refractivity contribution in [3.63, 3.8) is 0 Å². The second-order valence-corrected chi connectivity index (χ2v) is 5.82. The van der Waals surface area contributed by atoms with Crippen molar-refractivity contribution in [2.24, 2.45) is 17.6 Å². The van der Waals surface area contributed by atoms with Crippen LogP contribution in [0.2, 0.25) is 0 Å². The van der Waals surface area contributed by atoms with E-state index in [0.29, 0.717) is 18.5 Å². The maximum Gasteiger partial charge on any atom is 0.222 e. The van der Waals surface area contributed by atoms with Crippen molar-refractivity contribution in [1.29, 1.82) is 0 Å². The van der Waals surface area contributed by atoms with Gasteiger partial charge in [-0.1, -0.05) is 20.8 Å². The number of nitrogens with one attached hydrogen (secondary N) is 1. The highest BCUT2D eigenvalue weighted by Crippen LogP contribution is 2.09. The molecule has 0 saturated carbocycles. The van der Waals surface area contributed by atoms with Gasteiger partial charge in [-0.3, -0.25) is 4.79 Å². The smallest absolute Gasteiger partial charge is 0.222 e. The molecule has 0 aromatic rings. The minimum absolute atomic E-state index is 0.0652. The Morgan fingerprint density at radius 3 is 2.33 bits per heavy atom. The number of nitrogens with two attached hydrogens (primary N) is 1. The van der Waals surface area contributed by atoms with Gasteiger partial charge in [0.1, 0.15) is 0 Å². The summed E-state index contributed by atoms with van der Waals surface area (Å²) in [7, 11) is 4.13. The number of hydrogen-bond acceptors (Lipinski definition) is 3. The first kappa shape index (κ1) is 17.4. The molecule has 0 fully saturated rings. The van der Waals surface area contributed by atoms with E-state index < -0.39 is 0 Å². The van der Waals surface area contributed by atoms with Gasteiger partial charge in [-0.25, -0.2) is 0 Å². The van der Waals surface area contributed by atoms with E-state index in [1.54, 1.807) is 0 Å². The lowest BCUT2D eigenvalue weighted by molar-refractivity contribution is -0.124. The lowest BCUT2D eigenvalue weighted by Gasteiger charge is -2.26. The van der Waals surface area contributed by atoms with Gasteiger partial charge in [-0.2, -0.15) is 0 Å². The molecule has 4 heteroatoms. The van der Waals surface area contributed by atoms with E-state index in [9.17, 15) is 4.79 Å². The molecule has 4 nitrogen and oxygen atoms in total. The predicted octanol–water partition coefficient (Wildman–Crippen LogP) is 1.45. The Labute approximate surface area is 112 Å². The van der Waals surface area contributed by atoms with Gasteiger partial charge in [0.2, 0.25) is 5.91 Å². The van der Waals surface area contributed by atoms with E-state index in [4.69, 9.17) is 5.73 Å². The summed E-state index contributed by atoms with van der Waals surface area (Å²) in [4.78, 5) is 14.1. The Bertz CT molecular complexity index is 229. The zero-order valence-corrected chi connectivity index (χ0v) is 12.7. The highest BCUT2D eigenvalue weighted by Gasteiger charge is 2.17. The van der Waals surface area contributed by atoms with Crippen LogP contribution >= 0.6 is 0 Å². The Morgan fingerprint density at radius 1 is 1.28 bits per heavy atom. The number of likely N-dealkylation sites (N-methyl/N-ethyl adjacent to an activating group) is 1. The molecule has 0 heterocycles. The maximum absolute atomic E-state index is 11.9. The highest BCUT2D eigenvalue weighted by atomic mass is 16.1. The van der Waals surface area contributed by atoms with Gasteiger partial charge >= 0.3 is 0 Å². The first-order chi connectivity index (χ1) is 8.38. The van der Waals surface area contributed by atoms with Crippen LogP contribution in [-0.2, 0) is 4.79 Å². The minimum atomic E-state index is 0.0652. The van der Waals surface area contributed by atoms with Gasteiger partial charge in [-0.15, -0.1) is 0 Å². The molecular formula is C14H31N3O. The van der Waals surface area contributed by atoms with Gasteiger partial charge in [0, 0.05) is 18.5 Å². The molecule has 0 spiro atoms. The molecular weight excluding hydrogens is 226 g/mol. The maximum atomic E-state index is 11.9. The van der Waals surface area contributed by atoms with Gasteiger partial charge in [0.05, 0.1) is 0 Å².